The van der Waals surface area contributed by atoms with Gasteiger partial charge in [0.1, 0.15) is 10.1 Å². The van der Waals surface area contributed by atoms with E-state index in [9.17, 15) is 9.59 Å². The molecule has 1 aromatic carbocycles. The Morgan fingerprint density at radius 1 is 1.40 bits per heavy atom. The molecule has 1 heterocycles. The summed E-state index contributed by atoms with van der Waals surface area (Å²) < 4.78 is 4.28. The Labute approximate surface area is 126 Å². The molecule has 0 bridgehead atoms. The number of benzene rings is 1. The van der Waals surface area contributed by atoms with Gasteiger partial charge in [-0.05, 0) is 25.0 Å². The van der Waals surface area contributed by atoms with Crippen molar-refractivity contribution < 1.29 is 14.3 Å². The third-order valence-electron chi connectivity index (χ3n) is 3.53. The summed E-state index contributed by atoms with van der Waals surface area (Å²) in [5.74, 6) is -0.401. The molecule has 1 saturated carbocycles. The van der Waals surface area contributed by atoms with E-state index in [1.54, 1.807) is 23.1 Å². The Morgan fingerprint density at radius 3 is 2.75 bits per heavy atom. The number of rotatable bonds is 3. The maximum atomic E-state index is 11.8. The standard InChI is InChI=1S/C14H13Cl2NO3/c15-14(16)8-11(14)13(19)20-10-4-1-3-9(7-10)17-6-2-5-12(17)18/h1,3-4,7,11H,2,5-6,8H2. The number of esters is 1. The molecule has 0 aromatic heterocycles. The summed E-state index contributed by atoms with van der Waals surface area (Å²) in [6.45, 7) is 0.700. The molecule has 1 aliphatic carbocycles. The number of amides is 1. The van der Waals surface area contributed by atoms with Gasteiger partial charge in [-0.25, -0.2) is 0 Å². The van der Waals surface area contributed by atoms with Crippen LogP contribution in [0.2, 0.25) is 0 Å². The molecule has 0 N–H and O–H groups in total. The Kier molecular flexibility index (Phi) is 3.38. The normalized spacial score (nSPS) is 23.8. The minimum absolute atomic E-state index is 0.0937. The predicted molar refractivity (Wildman–Crippen MR) is 76.2 cm³/mol. The number of carbonyl (C=O) groups is 2. The van der Waals surface area contributed by atoms with E-state index < -0.39 is 16.2 Å². The van der Waals surface area contributed by atoms with E-state index in [1.165, 1.54) is 0 Å². The van der Waals surface area contributed by atoms with Gasteiger partial charge in [0.25, 0.3) is 0 Å². The van der Waals surface area contributed by atoms with Gasteiger partial charge < -0.3 is 9.64 Å². The van der Waals surface area contributed by atoms with Gasteiger partial charge in [-0.15, -0.1) is 23.2 Å². The number of nitrogens with zero attached hydrogens (tertiary/aromatic N) is 1. The van der Waals surface area contributed by atoms with Crippen LogP contribution < -0.4 is 9.64 Å². The summed E-state index contributed by atoms with van der Waals surface area (Å²) in [6, 6.07) is 6.94. The highest BCUT2D eigenvalue weighted by Gasteiger charge is 2.57. The second-order valence-electron chi connectivity index (χ2n) is 5.09. The Balaban J connectivity index is 1.72. The van der Waals surface area contributed by atoms with Crippen LogP contribution in [0.1, 0.15) is 19.3 Å². The molecule has 1 saturated heterocycles. The molecule has 1 aromatic rings. The summed E-state index contributed by atoms with van der Waals surface area (Å²) in [4.78, 5) is 25.2. The van der Waals surface area contributed by atoms with Crippen molar-refractivity contribution in [1.29, 1.82) is 0 Å². The fraction of sp³-hybridized carbons (Fsp3) is 0.429. The fourth-order valence-electron chi connectivity index (χ4n) is 2.29. The highest BCUT2D eigenvalue weighted by atomic mass is 35.5. The van der Waals surface area contributed by atoms with Gasteiger partial charge >= 0.3 is 5.97 Å². The number of halogens is 2. The maximum absolute atomic E-state index is 11.8. The van der Waals surface area contributed by atoms with Crippen molar-refractivity contribution in [2.75, 3.05) is 11.4 Å². The van der Waals surface area contributed by atoms with Crippen molar-refractivity contribution in [3.05, 3.63) is 24.3 Å². The van der Waals surface area contributed by atoms with Crippen molar-refractivity contribution >= 4 is 40.8 Å². The molecule has 20 heavy (non-hydrogen) atoms. The van der Waals surface area contributed by atoms with Crippen LogP contribution in [0, 0.1) is 5.92 Å². The summed E-state index contributed by atoms with van der Waals surface area (Å²) in [7, 11) is 0. The summed E-state index contributed by atoms with van der Waals surface area (Å²) in [6.07, 6.45) is 1.83. The summed E-state index contributed by atoms with van der Waals surface area (Å²) in [5, 5.41) is 0. The molecular weight excluding hydrogens is 301 g/mol. The molecule has 106 valence electrons. The zero-order chi connectivity index (χ0) is 14.3. The highest BCUT2D eigenvalue weighted by Crippen LogP contribution is 2.53. The van der Waals surface area contributed by atoms with Crippen LogP contribution in [-0.4, -0.2) is 22.8 Å². The van der Waals surface area contributed by atoms with Crippen molar-refractivity contribution in [2.45, 2.75) is 23.6 Å². The third kappa shape index (κ3) is 2.63. The van der Waals surface area contributed by atoms with Crippen LogP contribution in [0.4, 0.5) is 5.69 Å². The number of anilines is 1. The number of carbonyl (C=O) groups excluding carboxylic acids is 2. The van der Waals surface area contributed by atoms with Crippen LogP contribution in [-0.2, 0) is 9.59 Å². The highest BCUT2D eigenvalue weighted by molar-refractivity contribution is 6.52. The first-order valence-corrected chi connectivity index (χ1v) is 7.23. The molecule has 1 aliphatic heterocycles. The topological polar surface area (TPSA) is 46.6 Å². The average molecular weight is 314 g/mol. The van der Waals surface area contributed by atoms with Gasteiger partial charge in [0.15, 0.2) is 0 Å². The van der Waals surface area contributed by atoms with Gasteiger partial charge in [-0.2, -0.15) is 0 Å². The van der Waals surface area contributed by atoms with E-state index in [4.69, 9.17) is 27.9 Å². The molecule has 1 amide bonds. The van der Waals surface area contributed by atoms with Crippen LogP contribution in [0.3, 0.4) is 0 Å². The van der Waals surface area contributed by atoms with Gasteiger partial charge in [-0.1, -0.05) is 6.07 Å². The lowest BCUT2D eigenvalue weighted by Crippen LogP contribution is -2.23. The summed E-state index contributed by atoms with van der Waals surface area (Å²) >= 11 is 11.7. The van der Waals surface area contributed by atoms with Crippen LogP contribution in [0.15, 0.2) is 24.3 Å². The van der Waals surface area contributed by atoms with Crippen molar-refractivity contribution in [1.82, 2.24) is 0 Å². The van der Waals surface area contributed by atoms with E-state index in [-0.39, 0.29) is 5.91 Å². The number of ether oxygens (including phenoxy) is 1. The molecule has 4 nitrogen and oxygen atoms in total. The lowest BCUT2D eigenvalue weighted by molar-refractivity contribution is -0.135. The van der Waals surface area contributed by atoms with Gasteiger partial charge in [-0.3, -0.25) is 9.59 Å². The first kappa shape index (κ1) is 13.7. The second-order valence-corrected chi connectivity index (χ2v) is 6.63. The quantitative estimate of drug-likeness (QED) is 0.489. The molecule has 2 fully saturated rings. The lowest BCUT2D eigenvalue weighted by Gasteiger charge is -2.16. The monoisotopic (exact) mass is 313 g/mol. The van der Waals surface area contributed by atoms with Crippen molar-refractivity contribution in [3.8, 4) is 5.75 Å². The van der Waals surface area contributed by atoms with E-state index in [2.05, 4.69) is 0 Å². The Bertz CT molecular complexity index is 573. The molecule has 0 radical (unpaired) electrons. The predicted octanol–water partition coefficient (Wildman–Crippen LogP) is 2.91. The first-order chi connectivity index (χ1) is 9.47. The van der Waals surface area contributed by atoms with E-state index in [0.29, 0.717) is 25.1 Å². The zero-order valence-electron chi connectivity index (χ0n) is 10.6. The number of alkyl halides is 2. The van der Waals surface area contributed by atoms with Crippen molar-refractivity contribution in [2.24, 2.45) is 5.92 Å². The minimum Gasteiger partial charge on any atom is -0.426 e. The molecule has 1 unspecified atom stereocenters. The van der Waals surface area contributed by atoms with Crippen molar-refractivity contribution in [3.63, 3.8) is 0 Å². The largest absolute Gasteiger partial charge is 0.426 e. The zero-order valence-corrected chi connectivity index (χ0v) is 12.2. The van der Waals surface area contributed by atoms with Crippen LogP contribution >= 0.6 is 23.2 Å². The van der Waals surface area contributed by atoms with Crippen LogP contribution in [0.5, 0.6) is 5.75 Å². The molecule has 2 aliphatic rings. The molecule has 6 heteroatoms. The first-order valence-electron chi connectivity index (χ1n) is 6.47. The fourth-order valence-corrected chi connectivity index (χ4v) is 2.78. The van der Waals surface area contributed by atoms with Gasteiger partial charge in [0.2, 0.25) is 5.91 Å². The molecule has 0 spiro atoms. The van der Waals surface area contributed by atoms with Gasteiger partial charge in [0, 0.05) is 24.7 Å². The second kappa shape index (κ2) is 4.93. The minimum atomic E-state index is -0.986. The number of hydrogen-bond acceptors (Lipinski definition) is 3. The number of hydrogen-bond donors (Lipinski definition) is 0. The average Bonchev–Trinajstić information content (AvgIpc) is 2.83. The third-order valence-corrected chi connectivity index (χ3v) is 4.37. The van der Waals surface area contributed by atoms with Gasteiger partial charge in [0.05, 0.1) is 5.92 Å². The lowest BCUT2D eigenvalue weighted by atomic mass is 10.2. The molecule has 3 rings (SSSR count). The SMILES string of the molecule is O=C(Oc1cccc(N2CCCC2=O)c1)C1CC1(Cl)Cl. The summed E-state index contributed by atoms with van der Waals surface area (Å²) in [5.41, 5.74) is 0.747. The van der Waals surface area contributed by atoms with E-state index >= 15 is 0 Å². The van der Waals surface area contributed by atoms with Crippen LogP contribution in [0.25, 0.3) is 0 Å². The smallest absolute Gasteiger partial charge is 0.317 e. The van der Waals surface area contributed by atoms with E-state index in [1.807, 2.05) is 6.07 Å². The Morgan fingerprint density at radius 2 is 2.15 bits per heavy atom. The van der Waals surface area contributed by atoms with E-state index in [0.717, 1.165) is 12.1 Å². The molecule has 1 atom stereocenters. The molecular formula is C14H13Cl2NO3. The maximum Gasteiger partial charge on any atom is 0.317 e. The Hall–Kier alpha value is -1.26.